The molecule has 132 valence electrons. The Balaban J connectivity index is 1.96. The molecule has 2 aromatic rings. The van der Waals surface area contributed by atoms with E-state index in [1.165, 1.54) is 12.1 Å². The maximum Gasteiger partial charge on any atom is 0.301 e. The first-order valence-corrected chi connectivity index (χ1v) is 7.85. The maximum absolute atomic E-state index is 11.2. The molecule has 0 saturated carbocycles. The number of hydrogen-bond acceptors (Lipinski definition) is 6. The molecule has 8 nitrogen and oxygen atoms in total. The number of hydrogen-bond donors (Lipinski definition) is 1. The Bertz CT molecular complexity index is 963. The fraction of sp³-hybridized carbons (Fsp3) is 0.167. The van der Waals surface area contributed by atoms with Crippen LogP contribution in [-0.2, 0) is 5.41 Å². The van der Waals surface area contributed by atoms with Crippen LogP contribution in [0, 0.1) is 20.2 Å². The van der Waals surface area contributed by atoms with Crippen molar-refractivity contribution in [3.63, 3.8) is 0 Å². The molecule has 2 aromatic carbocycles. The van der Waals surface area contributed by atoms with Gasteiger partial charge in [0, 0.05) is 11.5 Å². The number of rotatable bonds is 4. The molecule has 0 aliphatic heterocycles. The highest BCUT2D eigenvalue weighted by Gasteiger charge is 2.30. The van der Waals surface area contributed by atoms with Crippen molar-refractivity contribution in [2.24, 2.45) is 5.10 Å². The lowest BCUT2D eigenvalue weighted by Crippen LogP contribution is -2.31. The molecular formula is C18H16N4O4. The lowest BCUT2D eigenvalue weighted by Gasteiger charge is -2.30. The average molecular weight is 352 g/mol. The second-order valence-electron chi connectivity index (χ2n) is 6.37. The zero-order valence-electron chi connectivity index (χ0n) is 14.2. The molecule has 1 aliphatic rings. The number of nitro benzene ring substituents is 2. The Labute approximate surface area is 149 Å². The van der Waals surface area contributed by atoms with E-state index in [0.717, 1.165) is 17.2 Å². The van der Waals surface area contributed by atoms with Crippen LogP contribution in [0.4, 0.5) is 17.1 Å². The van der Waals surface area contributed by atoms with Crippen LogP contribution in [0.1, 0.15) is 25.0 Å². The molecule has 0 unspecified atom stereocenters. The van der Waals surface area contributed by atoms with Crippen molar-refractivity contribution in [1.29, 1.82) is 0 Å². The third kappa shape index (κ3) is 3.04. The minimum Gasteiger partial charge on any atom is -0.271 e. The quantitative estimate of drug-likeness (QED) is 0.652. The van der Waals surface area contributed by atoms with Crippen LogP contribution >= 0.6 is 0 Å². The van der Waals surface area contributed by atoms with Crippen LogP contribution in [0.2, 0.25) is 0 Å². The van der Waals surface area contributed by atoms with Gasteiger partial charge in [-0.1, -0.05) is 44.2 Å². The summed E-state index contributed by atoms with van der Waals surface area (Å²) in [7, 11) is 0. The highest BCUT2D eigenvalue weighted by Crippen LogP contribution is 2.34. The molecule has 0 spiro atoms. The number of benzene rings is 2. The Kier molecular flexibility index (Phi) is 4.25. The number of hydrazone groups is 1. The largest absolute Gasteiger partial charge is 0.301 e. The maximum atomic E-state index is 11.2. The molecular weight excluding hydrogens is 336 g/mol. The van der Waals surface area contributed by atoms with Gasteiger partial charge in [-0.15, -0.1) is 0 Å². The molecule has 1 N–H and O–H groups in total. The third-order valence-electron chi connectivity index (χ3n) is 4.38. The van der Waals surface area contributed by atoms with Crippen LogP contribution < -0.4 is 5.43 Å². The number of non-ortho nitro benzene ring substituents is 1. The summed E-state index contributed by atoms with van der Waals surface area (Å²) >= 11 is 0. The lowest BCUT2D eigenvalue weighted by molar-refractivity contribution is -0.393. The predicted molar refractivity (Wildman–Crippen MR) is 99.3 cm³/mol. The minimum absolute atomic E-state index is 0.0937. The van der Waals surface area contributed by atoms with Gasteiger partial charge < -0.3 is 0 Å². The second kappa shape index (κ2) is 6.40. The first-order valence-electron chi connectivity index (χ1n) is 7.85. The van der Waals surface area contributed by atoms with Crippen LogP contribution in [-0.4, -0.2) is 15.6 Å². The molecule has 26 heavy (non-hydrogen) atoms. The summed E-state index contributed by atoms with van der Waals surface area (Å²) in [6, 6.07) is 11.3. The zero-order valence-corrected chi connectivity index (χ0v) is 14.2. The molecule has 0 radical (unpaired) electrons. The normalized spacial score (nSPS) is 16.2. The fourth-order valence-corrected chi connectivity index (χ4v) is 2.90. The van der Waals surface area contributed by atoms with Gasteiger partial charge in [0.25, 0.3) is 5.69 Å². The van der Waals surface area contributed by atoms with Gasteiger partial charge >= 0.3 is 5.69 Å². The predicted octanol–water partition coefficient (Wildman–Crippen LogP) is 4.28. The van der Waals surface area contributed by atoms with Crippen LogP contribution in [0.5, 0.6) is 0 Å². The first-order chi connectivity index (χ1) is 12.3. The van der Waals surface area contributed by atoms with Gasteiger partial charge in [0.1, 0.15) is 5.69 Å². The van der Waals surface area contributed by atoms with Crippen molar-refractivity contribution in [2.75, 3.05) is 5.43 Å². The Morgan fingerprint density at radius 3 is 2.42 bits per heavy atom. The van der Waals surface area contributed by atoms with E-state index in [4.69, 9.17) is 0 Å². The van der Waals surface area contributed by atoms with Crippen LogP contribution in [0.25, 0.3) is 6.08 Å². The molecule has 0 heterocycles. The van der Waals surface area contributed by atoms with E-state index in [1.54, 1.807) is 0 Å². The second-order valence-corrected chi connectivity index (χ2v) is 6.37. The number of nitrogens with one attached hydrogen (secondary N) is 1. The molecule has 3 rings (SSSR count). The minimum atomic E-state index is -0.674. The Morgan fingerprint density at radius 1 is 1.00 bits per heavy atom. The van der Waals surface area contributed by atoms with E-state index in [0.29, 0.717) is 5.71 Å². The van der Waals surface area contributed by atoms with Gasteiger partial charge in [0.05, 0.1) is 21.6 Å². The van der Waals surface area contributed by atoms with Crippen molar-refractivity contribution in [3.05, 3.63) is 79.9 Å². The molecule has 0 saturated heterocycles. The van der Waals surface area contributed by atoms with E-state index in [1.807, 2.05) is 50.3 Å². The van der Waals surface area contributed by atoms with E-state index >= 15 is 0 Å². The van der Waals surface area contributed by atoms with E-state index < -0.39 is 20.9 Å². The number of nitro groups is 2. The van der Waals surface area contributed by atoms with Gasteiger partial charge in [0.2, 0.25) is 0 Å². The standard InChI is InChI=1S/C18H16N4O4/c1-18(2)14-6-4-3-5-12(14)7-10-17(18)20-19-15-9-8-13(21(23)24)11-16(15)22(25)26/h3-11,19H,1-2H3. The summed E-state index contributed by atoms with van der Waals surface area (Å²) in [5.74, 6) is 0. The third-order valence-corrected chi connectivity index (χ3v) is 4.38. The lowest BCUT2D eigenvalue weighted by atomic mass is 9.74. The number of allylic oxidation sites excluding steroid dienone is 1. The molecule has 0 amide bonds. The molecule has 0 fully saturated rings. The average Bonchev–Trinajstić information content (AvgIpc) is 2.61. The van der Waals surface area contributed by atoms with Gasteiger partial charge in [-0.05, 0) is 23.3 Å². The number of fused-ring (bicyclic) bond motifs is 1. The van der Waals surface area contributed by atoms with Crippen molar-refractivity contribution >= 4 is 28.8 Å². The van der Waals surface area contributed by atoms with E-state index in [2.05, 4.69) is 10.5 Å². The van der Waals surface area contributed by atoms with Gasteiger partial charge in [-0.2, -0.15) is 5.10 Å². The van der Waals surface area contributed by atoms with E-state index in [-0.39, 0.29) is 11.4 Å². The monoisotopic (exact) mass is 352 g/mol. The van der Waals surface area contributed by atoms with Crippen molar-refractivity contribution in [2.45, 2.75) is 19.3 Å². The molecule has 8 heteroatoms. The smallest absolute Gasteiger partial charge is 0.271 e. The zero-order chi connectivity index (χ0) is 18.9. The number of nitrogens with zero attached hydrogens (tertiary/aromatic N) is 3. The summed E-state index contributed by atoms with van der Waals surface area (Å²) in [4.78, 5) is 20.7. The number of anilines is 1. The van der Waals surface area contributed by atoms with Crippen molar-refractivity contribution in [1.82, 2.24) is 0 Å². The van der Waals surface area contributed by atoms with Gasteiger partial charge in [-0.3, -0.25) is 25.7 Å². The van der Waals surface area contributed by atoms with Crippen LogP contribution in [0.15, 0.2) is 53.6 Å². The topological polar surface area (TPSA) is 111 Å². The van der Waals surface area contributed by atoms with Crippen molar-refractivity contribution < 1.29 is 9.85 Å². The summed E-state index contributed by atoms with van der Waals surface area (Å²) in [5, 5.41) is 26.4. The molecule has 1 aliphatic carbocycles. The summed E-state index contributed by atoms with van der Waals surface area (Å²) in [6.07, 6.45) is 3.79. The van der Waals surface area contributed by atoms with Gasteiger partial charge in [0.15, 0.2) is 0 Å². The van der Waals surface area contributed by atoms with Crippen LogP contribution in [0.3, 0.4) is 0 Å². The molecule has 0 bridgehead atoms. The highest BCUT2D eigenvalue weighted by atomic mass is 16.6. The fourth-order valence-electron chi connectivity index (χ4n) is 2.90. The van der Waals surface area contributed by atoms with Crippen molar-refractivity contribution in [3.8, 4) is 0 Å². The molecule has 0 atom stereocenters. The molecule has 0 aromatic heterocycles. The summed E-state index contributed by atoms with van der Waals surface area (Å²) in [6.45, 7) is 4.03. The highest BCUT2D eigenvalue weighted by molar-refractivity contribution is 6.08. The summed E-state index contributed by atoms with van der Waals surface area (Å²) in [5.41, 5.74) is 4.53. The van der Waals surface area contributed by atoms with Gasteiger partial charge in [-0.25, -0.2) is 0 Å². The first kappa shape index (κ1) is 17.3. The summed E-state index contributed by atoms with van der Waals surface area (Å²) < 4.78 is 0. The Morgan fingerprint density at radius 2 is 1.73 bits per heavy atom. The SMILES string of the molecule is CC1(C)C(=NNc2ccc([N+](=O)[O-])cc2[N+](=O)[O-])C=Cc2ccccc21. The van der Waals surface area contributed by atoms with E-state index in [9.17, 15) is 20.2 Å². The Hall–Kier alpha value is -3.55.